The molecular formula is C14H14F3N3O2. The molecule has 1 N–H and O–H groups in total. The summed E-state index contributed by atoms with van der Waals surface area (Å²) in [6.07, 6.45) is -2.48. The molecule has 22 heavy (non-hydrogen) atoms. The second kappa shape index (κ2) is 5.51. The Morgan fingerprint density at radius 3 is 2.73 bits per heavy atom. The van der Waals surface area contributed by atoms with E-state index >= 15 is 0 Å². The lowest BCUT2D eigenvalue weighted by Gasteiger charge is -2.15. The maximum Gasteiger partial charge on any atom is 0.416 e. The van der Waals surface area contributed by atoms with E-state index in [-0.39, 0.29) is 29.2 Å². The van der Waals surface area contributed by atoms with Gasteiger partial charge >= 0.3 is 6.18 Å². The number of carbonyl (C=O) groups is 1. The summed E-state index contributed by atoms with van der Waals surface area (Å²) < 4.78 is 43.2. The summed E-state index contributed by atoms with van der Waals surface area (Å²) in [5.74, 6) is 0.0503. The van der Waals surface area contributed by atoms with Gasteiger partial charge in [0.25, 0.3) is 0 Å². The number of fused-ring (bicyclic) bond motifs is 1. The van der Waals surface area contributed by atoms with Gasteiger partial charge in [0.15, 0.2) is 11.4 Å². The molecule has 3 rings (SSSR count). The molecule has 0 unspecified atom stereocenters. The van der Waals surface area contributed by atoms with E-state index in [1.54, 1.807) is 4.90 Å². The van der Waals surface area contributed by atoms with Crippen molar-refractivity contribution in [3.8, 4) is 0 Å². The van der Waals surface area contributed by atoms with Crippen LogP contribution in [0.15, 0.2) is 22.7 Å². The molecule has 1 aliphatic rings. The first-order valence-corrected chi connectivity index (χ1v) is 6.93. The van der Waals surface area contributed by atoms with Crippen molar-refractivity contribution in [2.45, 2.75) is 19.0 Å². The van der Waals surface area contributed by atoms with Crippen LogP contribution in [0.1, 0.15) is 18.4 Å². The topological polar surface area (TPSA) is 58.4 Å². The van der Waals surface area contributed by atoms with Crippen LogP contribution >= 0.6 is 0 Å². The summed E-state index contributed by atoms with van der Waals surface area (Å²) in [5, 5.41) is 6.66. The lowest BCUT2D eigenvalue weighted by Crippen LogP contribution is -2.33. The first-order chi connectivity index (χ1) is 10.4. The zero-order chi connectivity index (χ0) is 15.7. The normalized spacial score (nSPS) is 15.5. The van der Waals surface area contributed by atoms with E-state index in [4.69, 9.17) is 4.52 Å². The third kappa shape index (κ3) is 2.86. The van der Waals surface area contributed by atoms with Gasteiger partial charge in [0.1, 0.15) is 0 Å². The lowest BCUT2D eigenvalue weighted by atomic mass is 10.1. The summed E-state index contributed by atoms with van der Waals surface area (Å²) in [5.41, 5.74) is -0.541. The van der Waals surface area contributed by atoms with Crippen LogP contribution in [0.2, 0.25) is 0 Å². The number of alkyl halides is 3. The fraction of sp³-hybridized carbons (Fsp3) is 0.429. The van der Waals surface area contributed by atoms with E-state index < -0.39 is 11.7 Å². The largest absolute Gasteiger partial charge is 0.416 e. The summed E-state index contributed by atoms with van der Waals surface area (Å²) in [4.78, 5) is 13.6. The minimum absolute atomic E-state index is 0.0160. The van der Waals surface area contributed by atoms with Crippen molar-refractivity contribution in [1.29, 1.82) is 0 Å². The Labute approximate surface area is 124 Å². The van der Waals surface area contributed by atoms with Crippen LogP contribution in [-0.2, 0) is 11.0 Å². The lowest BCUT2D eigenvalue weighted by molar-refractivity contribution is -0.137. The number of likely N-dealkylation sites (tertiary alicyclic amines) is 1. The molecule has 0 radical (unpaired) electrons. The molecule has 0 atom stereocenters. The molecule has 1 aliphatic heterocycles. The van der Waals surface area contributed by atoms with Crippen LogP contribution < -0.4 is 5.32 Å². The number of nitrogens with one attached hydrogen (secondary N) is 1. The molecule has 0 saturated carbocycles. The van der Waals surface area contributed by atoms with Crippen molar-refractivity contribution in [2.75, 3.05) is 25.0 Å². The monoisotopic (exact) mass is 313 g/mol. The van der Waals surface area contributed by atoms with E-state index in [9.17, 15) is 18.0 Å². The quantitative estimate of drug-likeness (QED) is 0.946. The fourth-order valence-corrected chi connectivity index (χ4v) is 2.48. The van der Waals surface area contributed by atoms with E-state index in [2.05, 4.69) is 10.5 Å². The minimum Gasteiger partial charge on any atom is -0.358 e. The van der Waals surface area contributed by atoms with Crippen LogP contribution in [0.5, 0.6) is 0 Å². The Bertz CT molecular complexity index is 690. The number of hydrogen-bond donors (Lipinski definition) is 1. The highest BCUT2D eigenvalue weighted by atomic mass is 19.4. The number of hydrogen-bond acceptors (Lipinski definition) is 4. The number of amides is 1. The molecule has 1 aromatic heterocycles. The standard InChI is InChI=1S/C14H14F3N3O2/c15-14(16,17)9-3-4-11-10(7-9)13(19-22-11)18-8-12(21)20-5-1-2-6-20/h3-4,7H,1-2,5-6,8H2,(H,18,19). The zero-order valence-electron chi connectivity index (χ0n) is 11.6. The number of aromatic nitrogens is 1. The Hall–Kier alpha value is -2.25. The highest BCUT2D eigenvalue weighted by Gasteiger charge is 2.31. The van der Waals surface area contributed by atoms with Crippen molar-refractivity contribution in [3.05, 3.63) is 23.8 Å². The third-order valence-electron chi connectivity index (χ3n) is 3.66. The Morgan fingerprint density at radius 1 is 1.32 bits per heavy atom. The van der Waals surface area contributed by atoms with Gasteiger partial charge in [0, 0.05) is 13.1 Å². The van der Waals surface area contributed by atoms with Gasteiger partial charge in [-0.05, 0) is 31.0 Å². The average Bonchev–Trinajstić information content (AvgIpc) is 3.13. The molecule has 1 aromatic carbocycles. The number of anilines is 1. The van der Waals surface area contributed by atoms with E-state index in [0.717, 1.165) is 38.1 Å². The first kappa shape index (κ1) is 14.7. The van der Waals surface area contributed by atoms with Gasteiger partial charge in [-0.3, -0.25) is 4.79 Å². The van der Waals surface area contributed by atoms with Gasteiger partial charge in [0.2, 0.25) is 5.91 Å². The molecule has 2 aromatic rings. The molecule has 1 fully saturated rings. The molecular weight excluding hydrogens is 299 g/mol. The van der Waals surface area contributed by atoms with Crippen LogP contribution in [0.25, 0.3) is 11.0 Å². The van der Waals surface area contributed by atoms with Crippen molar-refractivity contribution in [2.24, 2.45) is 0 Å². The molecule has 1 amide bonds. The predicted octanol–water partition coefficient (Wildman–Crippen LogP) is 2.88. The number of benzene rings is 1. The number of halogens is 3. The second-order valence-electron chi connectivity index (χ2n) is 5.18. The number of carbonyl (C=O) groups excluding carboxylic acids is 1. The Balaban J connectivity index is 1.77. The maximum atomic E-state index is 12.7. The van der Waals surface area contributed by atoms with Gasteiger partial charge in [0.05, 0.1) is 17.5 Å². The molecule has 0 bridgehead atoms. The van der Waals surface area contributed by atoms with Gasteiger partial charge < -0.3 is 14.7 Å². The average molecular weight is 313 g/mol. The van der Waals surface area contributed by atoms with Gasteiger partial charge in [-0.2, -0.15) is 13.2 Å². The molecule has 2 heterocycles. The van der Waals surface area contributed by atoms with Crippen LogP contribution in [0.3, 0.4) is 0 Å². The van der Waals surface area contributed by atoms with Crippen molar-refractivity contribution < 1.29 is 22.5 Å². The predicted molar refractivity (Wildman–Crippen MR) is 73.3 cm³/mol. The van der Waals surface area contributed by atoms with Crippen LogP contribution in [0.4, 0.5) is 19.0 Å². The molecule has 0 spiro atoms. The summed E-state index contributed by atoms with van der Waals surface area (Å²) >= 11 is 0. The van der Waals surface area contributed by atoms with E-state index in [0.29, 0.717) is 0 Å². The minimum atomic E-state index is -4.44. The van der Waals surface area contributed by atoms with E-state index in [1.807, 2.05) is 0 Å². The van der Waals surface area contributed by atoms with Gasteiger partial charge in [-0.25, -0.2) is 0 Å². The summed E-state index contributed by atoms with van der Waals surface area (Å²) in [6, 6.07) is 3.12. The van der Waals surface area contributed by atoms with Crippen molar-refractivity contribution in [3.63, 3.8) is 0 Å². The number of nitrogens with zero attached hydrogens (tertiary/aromatic N) is 2. The summed E-state index contributed by atoms with van der Waals surface area (Å²) in [6.45, 7) is 1.43. The van der Waals surface area contributed by atoms with Gasteiger partial charge in [-0.15, -0.1) is 0 Å². The molecule has 0 aliphatic carbocycles. The van der Waals surface area contributed by atoms with Crippen molar-refractivity contribution in [1.82, 2.24) is 10.1 Å². The van der Waals surface area contributed by atoms with Crippen LogP contribution in [-0.4, -0.2) is 35.6 Å². The summed E-state index contributed by atoms with van der Waals surface area (Å²) in [7, 11) is 0. The molecule has 5 nitrogen and oxygen atoms in total. The maximum absolute atomic E-state index is 12.7. The van der Waals surface area contributed by atoms with Crippen LogP contribution in [0, 0.1) is 0 Å². The van der Waals surface area contributed by atoms with Crippen molar-refractivity contribution >= 4 is 22.7 Å². The highest BCUT2D eigenvalue weighted by Crippen LogP contribution is 2.33. The second-order valence-corrected chi connectivity index (χ2v) is 5.18. The first-order valence-electron chi connectivity index (χ1n) is 6.93. The fourth-order valence-electron chi connectivity index (χ4n) is 2.48. The molecule has 118 valence electrons. The Kier molecular flexibility index (Phi) is 3.67. The Morgan fingerprint density at radius 2 is 2.05 bits per heavy atom. The smallest absolute Gasteiger partial charge is 0.358 e. The van der Waals surface area contributed by atoms with E-state index in [1.165, 1.54) is 6.07 Å². The highest BCUT2D eigenvalue weighted by molar-refractivity contribution is 5.90. The zero-order valence-corrected chi connectivity index (χ0v) is 11.6. The molecule has 1 saturated heterocycles. The number of rotatable bonds is 3. The third-order valence-corrected chi connectivity index (χ3v) is 3.66. The molecule has 8 heteroatoms. The SMILES string of the molecule is O=C(CNc1noc2ccc(C(F)(F)F)cc12)N1CCCC1. The van der Waals surface area contributed by atoms with Gasteiger partial charge in [-0.1, -0.05) is 5.16 Å².